The van der Waals surface area contributed by atoms with Crippen LogP contribution in [-0.2, 0) is 25.6 Å². The third kappa shape index (κ3) is 7.17. The van der Waals surface area contributed by atoms with Crippen LogP contribution in [0.4, 0.5) is 0 Å². The van der Waals surface area contributed by atoms with Crippen LogP contribution in [0.3, 0.4) is 0 Å². The quantitative estimate of drug-likeness (QED) is 0.420. The lowest BCUT2D eigenvalue weighted by molar-refractivity contribution is -0.146. The number of hydrogen-bond acceptors (Lipinski definition) is 5. The number of ether oxygens (including phenoxy) is 3. The fraction of sp³-hybridized carbons (Fsp3) is 0.500. The number of methoxy groups -OCH3 is 2. The Kier molecular flexibility index (Phi) is 9.11. The molecule has 0 heterocycles. The molecule has 1 aromatic rings. The minimum absolute atomic E-state index is 0.214. The van der Waals surface area contributed by atoms with E-state index < -0.39 is 4.75 Å². The first-order chi connectivity index (χ1) is 13.1. The molecule has 0 radical (unpaired) electrons. The van der Waals surface area contributed by atoms with E-state index in [2.05, 4.69) is 18.2 Å². The second kappa shape index (κ2) is 11.3. The summed E-state index contributed by atoms with van der Waals surface area (Å²) in [5.41, 5.74) is 2.19. The van der Waals surface area contributed by atoms with Gasteiger partial charge < -0.3 is 14.2 Å². The van der Waals surface area contributed by atoms with E-state index in [1.54, 1.807) is 26.0 Å². The number of esters is 1. The molecule has 148 valence electrons. The van der Waals surface area contributed by atoms with E-state index in [-0.39, 0.29) is 18.9 Å². The van der Waals surface area contributed by atoms with Crippen LogP contribution in [0.2, 0.25) is 0 Å². The third-order valence-corrected chi connectivity index (χ3v) is 5.85. The van der Waals surface area contributed by atoms with Gasteiger partial charge in [-0.1, -0.05) is 54.1 Å². The van der Waals surface area contributed by atoms with Crippen molar-refractivity contribution < 1.29 is 19.0 Å². The number of rotatable bonds is 10. The van der Waals surface area contributed by atoms with E-state index in [1.807, 2.05) is 37.3 Å². The van der Waals surface area contributed by atoms with Gasteiger partial charge in [-0.2, -0.15) is 0 Å². The van der Waals surface area contributed by atoms with Crippen molar-refractivity contribution in [2.45, 2.75) is 50.3 Å². The van der Waals surface area contributed by atoms with Crippen LogP contribution in [0.25, 0.3) is 0 Å². The predicted molar refractivity (Wildman–Crippen MR) is 111 cm³/mol. The molecule has 27 heavy (non-hydrogen) atoms. The highest BCUT2D eigenvalue weighted by Crippen LogP contribution is 2.33. The summed E-state index contributed by atoms with van der Waals surface area (Å²) in [6.07, 6.45) is 10.0. The smallest absolute Gasteiger partial charge is 0.326 e. The average molecular weight is 391 g/mol. The van der Waals surface area contributed by atoms with Gasteiger partial charge in [0.25, 0.3) is 0 Å². The first-order valence-corrected chi connectivity index (χ1v) is 10.3. The van der Waals surface area contributed by atoms with Crippen molar-refractivity contribution in [2.75, 3.05) is 20.0 Å². The second-order valence-corrected chi connectivity index (χ2v) is 8.27. The van der Waals surface area contributed by atoms with Gasteiger partial charge in [0.2, 0.25) is 0 Å². The molecule has 1 aromatic carbocycles. The third-order valence-electron chi connectivity index (χ3n) is 4.53. The Hall–Kier alpha value is -1.56. The van der Waals surface area contributed by atoms with Crippen molar-refractivity contribution in [3.05, 3.63) is 59.7 Å². The van der Waals surface area contributed by atoms with Crippen molar-refractivity contribution in [1.82, 2.24) is 0 Å². The molecule has 1 atom stereocenters. The first-order valence-electron chi connectivity index (χ1n) is 9.36. The molecule has 0 aliphatic heterocycles. The van der Waals surface area contributed by atoms with Gasteiger partial charge in [-0.15, -0.1) is 11.8 Å². The molecular formula is C22H30O4S. The monoisotopic (exact) mass is 390 g/mol. The fourth-order valence-corrected chi connectivity index (χ4v) is 4.09. The van der Waals surface area contributed by atoms with Gasteiger partial charge in [0.05, 0.1) is 0 Å². The predicted octanol–water partition coefficient (Wildman–Crippen LogP) is 4.90. The van der Waals surface area contributed by atoms with E-state index in [0.29, 0.717) is 6.42 Å². The summed E-state index contributed by atoms with van der Waals surface area (Å²) < 4.78 is 15.4. The van der Waals surface area contributed by atoms with Crippen LogP contribution < -0.4 is 0 Å². The number of carbonyl (C=O) groups is 1. The zero-order chi connectivity index (χ0) is 19.5. The summed E-state index contributed by atoms with van der Waals surface area (Å²) in [5.74, 6) is 0.519. The lowest BCUT2D eigenvalue weighted by Gasteiger charge is -2.26. The highest BCUT2D eigenvalue weighted by atomic mass is 32.2. The molecule has 1 aliphatic rings. The summed E-state index contributed by atoms with van der Waals surface area (Å²) in [4.78, 5) is 13.0. The van der Waals surface area contributed by atoms with Crippen molar-refractivity contribution in [2.24, 2.45) is 0 Å². The standard InChI is InChI=1S/C22H30O4S/c1-22(16-18-10-6-4-7-11-18,27-15-14-20(24-2)25-3)21(23)26-17-19-12-8-5-9-13-19/h5-6,8-10,12-13,16,20H,4,7,11,14-15,17H2,1-3H3/b18-16-/t22-/m0/s1. The van der Waals surface area contributed by atoms with Crippen LogP contribution in [0.15, 0.2) is 54.1 Å². The number of allylic oxidation sites excluding steroid dienone is 3. The lowest BCUT2D eigenvalue weighted by Crippen LogP contribution is -2.33. The molecule has 0 amide bonds. The number of hydrogen-bond donors (Lipinski definition) is 0. The normalized spacial score (nSPS) is 17.9. The van der Waals surface area contributed by atoms with Crippen LogP contribution >= 0.6 is 11.8 Å². The molecule has 0 saturated carbocycles. The molecule has 1 aliphatic carbocycles. The Bertz CT molecular complexity index is 637. The van der Waals surface area contributed by atoms with Crippen LogP contribution in [0, 0.1) is 0 Å². The average Bonchev–Trinajstić information content (AvgIpc) is 2.71. The Balaban J connectivity index is 2.06. The fourth-order valence-electron chi connectivity index (χ4n) is 2.94. The molecule has 0 unspecified atom stereocenters. The number of thioether (sulfide) groups is 1. The van der Waals surface area contributed by atoms with Gasteiger partial charge in [-0.3, -0.25) is 4.79 Å². The van der Waals surface area contributed by atoms with Crippen molar-refractivity contribution >= 4 is 17.7 Å². The van der Waals surface area contributed by atoms with Crippen molar-refractivity contribution in [1.29, 1.82) is 0 Å². The topological polar surface area (TPSA) is 44.8 Å². The Morgan fingerprint density at radius 3 is 2.63 bits per heavy atom. The van der Waals surface area contributed by atoms with Crippen LogP contribution in [-0.4, -0.2) is 37.0 Å². The Labute approximate surface area is 167 Å². The molecule has 2 rings (SSSR count). The molecule has 4 nitrogen and oxygen atoms in total. The summed E-state index contributed by atoms with van der Waals surface area (Å²) >= 11 is 1.58. The van der Waals surface area contributed by atoms with Gasteiger partial charge >= 0.3 is 5.97 Å². The Morgan fingerprint density at radius 1 is 1.26 bits per heavy atom. The van der Waals surface area contributed by atoms with E-state index in [4.69, 9.17) is 14.2 Å². The minimum Gasteiger partial charge on any atom is -0.460 e. The molecule has 0 saturated heterocycles. The zero-order valence-corrected chi connectivity index (χ0v) is 17.3. The van der Waals surface area contributed by atoms with Gasteiger partial charge in [0.15, 0.2) is 6.29 Å². The molecule has 5 heteroatoms. The second-order valence-electron chi connectivity index (χ2n) is 6.72. The van der Waals surface area contributed by atoms with E-state index in [0.717, 1.165) is 30.6 Å². The van der Waals surface area contributed by atoms with Crippen molar-refractivity contribution in [3.63, 3.8) is 0 Å². The van der Waals surface area contributed by atoms with Gasteiger partial charge in [0.1, 0.15) is 11.4 Å². The van der Waals surface area contributed by atoms with E-state index in [9.17, 15) is 4.79 Å². The number of carbonyl (C=O) groups excluding carboxylic acids is 1. The van der Waals surface area contributed by atoms with Gasteiger partial charge in [-0.25, -0.2) is 0 Å². The van der Waals surface area contributed by atoms with Crippen molar-refractivity contribution in [3.8, 4) is 0 Å². The molecule has 0 fully saturated rings. The molecule has 0 spiro atoms. The highest BCUT2D eigenvalue weighted by molar-refractivity contribution is 8.01. The van der Waals surface area contributed by atoms with Gasteiger partial charge in [0, 0.05) is 20.6 Å². The molecule has 0 aromatic heterocycles. The maximum atomic E-state index is 13.0. The lowest BCUT2D eigenvalue weighted by atomic mass is 9.98. The molecule has 0 N–H and O–H groups in total. The van der Waals surface area contributed by atoms with Crippen LogP contribution in [0.1, 0.15) is 38.2 Å². The maximum Gasteiger partial charge on any atom is 0.326 e. The Morgan fingerprint density at radius 2 is 2.00 bits per heavy atom. The zero-order valence-electron chi connectivity index (χ0n) is 16.5. The van der Waals surface area contributed by atoms with E-state index >= 15 is 0 Å². The van der Waals surface area contributed by atoms with Gasteiger partial charge in [-0.05, 0) is 37.5 Å². The minimum atomic E-state index is -0.738. The summed E-state index contributed by atoms with van der Waals surface area (Å²) in [6.45, 7) is 2.22. The molecule has 0 bridgehead atoms. The molecular weight excluding hydrogens is 360 g/mol. The first kappa shape index (κ1) is 21.7. The van der Waals surface area contributed by atoms with Crippen LogP contribution in [0.5, 0.6) is 0 Å². The SMILES string of the molecule is COC(CCS[C@@](C)(/C=C1/C=CCCC1)C(=O)OCc1ccccc1)OC. The summed E-state index contributed by atoms with van der Waals surface area (Å²) in [5, 5.41) is 0. The maximum absolute atomic E-state index is 13.0. The number of benzene rings is 1. The highest BCUT2D eigenvalue weighted by Gasteiger charge is 2.34. The van der Waals surface area contributed by atoms with E-state index in [1.165, 1.54) is 5.57 Å². The summed E-state index contributed by atoms with van der Waals surface area (Å²) in [7, 11) is 3.25. The largest absolute Gasteiger partial charge is 0.460 e. The summed E-state index contributed by atoms with van der Waals surface area (Å²) in [6, 6.07) is 9.76.